The minimum absolute atomic E-state index is 0.158. The van der Waals surface area contributed by atoms with E-state index in [0.29, 0.717) is 19.7 Å². The zero-order valence-electron chi connectivity index (χ0n) is 14.7. The highest BCUT2D eigenvalue weighted by atomic mass is 16.6. The molecule has 0 saturated carbocycles. The molecule has 5 heteroatoms. The van der Waals surface area contributed by atoms with Crippen molar-refractivity contribution in [2.75, 3.05) is 13.1 Å². The average Bonchev–Trinajstić information content (AvgIpc) is 2.53. The molecule has 0 N–H and O–H groups in total. The lowest BCUT2D eigenvalue weighted by molar-refractivity contribution is -0.0955. The second kappa shape index (κ2) is 7.30. The molecule has 128 valence electrons. The van der Waals surface area contributed by atoms with Crippen LogP contribution >= 0.6 is 0 Å². The number of aromatic nitrogens is 1. The van der Waals surface area contributed by atoms with Crippen molar-refractivity contribution in [3.63, 3.8) is 0 Å². The fourth-order valence-corrected chi connectivity index (χ4v) is 2.74. The van der Waals surface area contributed by atoms with E-state index < -0.39 is 5.60 Å². The molecule has 1 aliphatic heterocycles. The van der Waals surface area contributed by atoms with E-state index in [1.165, 1.54) is 0 Å². The van der Waals surface area contributed by atoms with Gasteiger partial charge in [0.05, 0.1) is 12.2 Å². The Morgan fingerprint density at radius 2 is 2.04 bits per heavy atom. The molecule has 0 unspecified atom stereocenters. The highest BCUT2D eigenvalue weighted by molar-refractivity contribution is 5.68. The van der Waals surface area contributed by atoms with E-state index in [9.17, 15) is 4.79 Å². The summed E-state index contributed by atoms with van der Waals surface area (Å²) < 4.78 is 11.7. The van der Waals surface area contributed by atoms with Crippen LogP contribution in [-0.2, 0) is 16.1 Å². The Bertz CT molecular complexity index is 503. The largest absolute Gasteiger partial charge is 0.444 e. The molecule has 1 fully saturated rings. The quantitative estimate of drug-likeness (QED) is 0.847. The molecule has 23 heavy (non-hydrogen) atoms. The van der Waals surface area contributed by atoms with Crippen molar-refractivity contribution in [2.45, 2.75) is 64.8 Å². The molecule has 0 aromatic carbocycles. The first-order chi connectivity index (χ1) is 10.8. The van der Waals surface area contributed by atoms with Crippen molar-refractivity contribution in [2.24, 2.45) is 0 Å². The van der Waals surface area contributed by atoms with E-state index in [4.69, 9.17) is 9.47 Å². The Morgan fingerprint density at radius 3 is 2.57 bits per heavy atom. The van der Waals surface area contributed by atoms with E-state index >= 15 is 0 Å². The van der Waals surface area contributed by atoms with Crippen LogP contribution in [0.5, 0.6) is 0 Å². The van der Waals surface area contributed by atoms with E-state index in [1.54, 1.807) is 11.1 Å². The zero-order chi connectivity index (χ0) is 16.9. The molecule has 1 saturated heterocycles. The van der Waals surface area contributed by atoms with Gasteiger partial charge in [0.15, 0.2) is 0 Å². The average molecular weight is 320 g/mol. The number of nitrogens with zero attached hydrogens (tertiary/aromatic N) is 2. The number of ether oxygens (including phenoxy) is 2. The maximum Gasteiger partial charge on any atom is 0.410 e. The molecule has 1 aromatic rings. The first kappa shape index (κ1) is 17.7. The smallest absolute Gasteiger partial charge is 0.410 e. The van der Waals surface area contributed by atoms with Crippen molar-refractivity contribution in [3.8, 4) is 0 Å². The summed E-state index contributed by atoms with van der Waals surface area (Å²) in [7, 11) is 0. The number of likely N-dealkylation sites (tertiary alicyclic amines) is 1. The minimum Gasteiger partial charge on any atom is -0.444 e. The second-order valence-electron chi connectivity index (χ2n) is 7.15. The van der Waals surface area contributed by atoms with Gasteiger partial charge in [0.2, 0.25) is 0 Å². The number of carbonyl (C=O) groups is 1. The lowest BCUT2D eigenvalue weighted by Crippen LogP contribution is -2.49. The van der Waals surface area contributed by atoms with Gasteiger partial charge in [-0.15, -0.1) is 0 Å². The van der Waals surface area contributed by atoms with Crippen LogP contribution in [0.4, 0.5) is 4.79 Å². The van der Waals surface area contributed by atoms with Gasteiger partial charge >= 0.3 is 6.09 Å². The monoisotopic (exact) mass is 320 g/mol. The van der Waals surface area contributed by atoms with E-state index in [1.807, 2.05) is 39.1 Å². The fraction of sp³-hybridized carbons (Fsp3) is 0.667. The molecule has 1 amide bonds. The zero-order valence-corrected chi connectivity index (χ0v) is 14.7. The summed E-state index contributed by atoms with van der Waals surface area (Å²) in [4.78, 5) is 18.0. The molecule has 2 rings (SSSR count). The van der Waals surface area contributed by atoms with Crippen LogP contribution in [0.3, 0.4) is 0 Å². The normalized spacial score (nSPS) is 17.8. The maximum atomic E-state index is 12.1. The Hall–Kier alpha value is -1.62. The van der Waals surface area contributed by atoms with Gasteiger partial charge in [-0.25, -0.2) is 4.79 Å². The van der Waals surface area contributed by atoms with Crippen molar-refractivity contribution in [3.05, 3.63) is 30.1 Å². The number of hydrogen-bond acceptors (Lipinski definition) is 4. The van der Waals surface area contributed by atoms with Gasteiger partial charge in [0.25, 0.3) is 0 Å². The summed E-state index contributed by atoms with van der Waals surface area (Å²) in [6, 6.07) is 3.94. The SMILES string of the molecule is CCC1(OCc2cccnc2)CCN(C(=O)OC(C)(C)C)CC1. The van der Waals surface area contributed by atoms with Gasteiger partial charge in [-0.1, -0.05) is 13.0 Å². The van der Waals surface area contributed by atoms with Crippen LogP contribution in [0.2, 0.25) is 0 Å². The van der Waals surface area contributed by atoms with E-state index in [0.717, 1.165) is 24.8 Å². The molecular formula is C18H28N2O3. The number of piperidine rings is 1. The number of carbonyl (C=O) groups excluding carboxylic acids is 1. The molecule has 2 heterocycles. The van der Waals surface area contributed by atoms with Crippen LogP contribution in [0.15, 0.2) is 24.5 Å². The molecule has 0 aliphatic carbocycles. The number of amides is 1. The predicted molar refractivity (Wildman–Crippen MR) is 89.1 cm³/mol. The molecule has 0 atom stereocenters. The maximum absolute atomic E-state index is 12.1. The summed E-state index contributed by atoms with van der Waals surface area (Å²) in [5.74, 6) is 0. The molecule has 1 aromatic heterocycles. The first-order valence-electron chi connectivity index (χ1n) is 8.34. The van der Waals surface area contributed by atoms with Gasteiger partial charge in [-0.05, 0) is 51.7 Å². The van der Waals surface area contributed by atoms with Crippen molar-refractivity contribution in [1.82, 2.24) is 9.88 Å². The van der Waals surface area contributed by atoms with Gasteiger partial charge in [0, 0.05) is 25.5 Å². The molecule has 0 spiro atoms. The third-order valence-corrected chi connectivity index (χ3v) is 4.24. The number of rotatable bonds is 4. The Balaban J connectivity index is 1.88. The van der Waals surface area contributed by atoms with Gasteiger partial charge in [0.1, 0.15) is 5.60 Å². The highest BCUT2D eigenvalue weighted by Crippen LogP contribution is 2.31. The first-order valence-corrected chi connectivity index (χ1v) is 8.34. The lowest BCUT2D eigenvalue weighted by atomic mass is 9.88. The van der Waals surface area contributed by atoms with Crippen molar-refractivity contribution in [1.29, 1.82) is 0 Å². The molecular weight excluding hydrogens is 292 g/mol. The van der Waals surface area contributed by atoms with Crippen LogP contribution in [0, 0.1) is 0 Å². The summed E-state index contributed by atoms with van der Waals surface area (Å²) in [6.45, 7) is 9.73. The Morgan fingerprint density at radius 1 is 1.35 bits per heavy atom. The highest BCUT2D eigenvalue weighted by Gasteiger charge is 2.36. The van der Waals surface area contributed by atoms with Crippen LogP contribution < -0.4 is 0 Å². The van der Waals surface area contributed by atoms with E-state index in [2.05, 4.69) is 11.9 Å². The number of pyridine rings is 1. The van der Waals surface area contributed by atoms with Crippen molar-refractivity contribution < 1.29 is 14.3 Å². The second-order valence-corrected chi connectivity index (χ2v) is 7.15. The third-order valence-electron chi connectivity index (χ3n) is 4.24. The molecule has 5 nitrogen and oxygen atoms in total. The van der Waals surface area contributed by atoms with Crippen LogP contribution in [0.1, 0.15) is 52.5 Å². The molecule has 0 bridgehead atoms. The summed E-state index contributed by atoms with van der Waals surface area (Å²) in [5, 5.41) is 0. The molecule has 1 aliphatic rings. The topological polar surface area (TPSA) is 51.7 Å². The van der Waals surface area contributed by atoms with Crippen LogP contribution in [-0.4, -0.2) is 40.3 Å². The minimum atomic E-state index is -0.451. The van der Waals surface area contributed by atoms with Gasteiger partial charge < -0.3 is 14.4 Å². The summed E-state index contributed by atoms with van der Waals surface area (Å²) >= 11 is 0. The Labute approximate surface area is 139 Å². The lowest BCUT2D eigenvalue weighted by Gasteiger charge is -2.41. The summed E-state index contributed by atoms with van der Waals surface area (Å²) in [5.41, 5.74) is 0.469. The Kier molecular flexibility index (Phi) is 5.63. The van der Waals surface area contributed by atoms with E-state index in [-0.39, 0.29) is 11.7 Å². The molecule has 0 radical (unpaired) electrons. The van der Waals surface area contributed by atoms with Crippen LogP contribution in [0.25, 0.3) is 0 Å². The fourth-order valence-electron chi connectivity index (χ4n) is 2.74. The summed E-state index contributed by atoms with van der Waals surface area (Å²) in [6.07, 6.45) is 5.98. The predicted octanol–water partition coefficient (Wildman–Crippen LogP) is 3.78. The standard InChI is InChI=1S/C18H28N2O3/c1-5-18(22-14-15-7-6-10-19-13-15)8-11-20(12-9-18)16(21)23-17(2,3)4/h6-7,10,13H,5,8-9,11-12,14H2,1-4H3. The van der Waals surface area contributed by atoms with Gasteiger partial charge in [-0.3, -0.25) is 4.98 Å². The number of hydrogen-bond donors (Lipinski definition) is 0. The third kappa shape index (κ3) is 5.20. The van der Waals surface area contributed by atoms with Crippen molar-refractivity contribution >= 4 is 6.09 Å². The van der Waals surface area contributed by atoms with Gasteiger partial charge in [-0.2, -0.15) is 0 Å².